The molecule has 4 atom stereocenters. The summed E-state index contributed by atoms with van der Waals surface area (Å²) in [6.07, 6.45) is 4.67. The maximum absolute atomic E-state index is 11.6. The second kappa shape index (κ2) is 7.94. The highest BCUT2D eigenvalue weighted by atomic mass is 16.2. The molecule has 0 spiro atoms. The summed E-state index contributed by atoms with van der Waals surface area (Å²) in [5.74, 6) is 2.48. The zero-order valence-corrected chi connectivity index (χ0v) is 16.2. The second-order valence-corrected chi connectivity index (χ2v) is 7.72. The first-order valence-corrected chi connectivity index (χ1v) is 9.57. The predicted molar refractivity (Wildman–Crippen MR) is 104 cm³/mol. The van der Waals surface area contributed by atoms with E-state index >= 15 is 0 Å². The number of carbonyl (C=O) groups excluding carboxylic acids is 2. The van der Waals surface area contributed by atoms with Crippen LogP contribution in [0.5, 0.6) is 0 Å². The van der Waals surface area contributed by atoms with Crippen molar-refractivity contribution in [3.63, 3.8) is 0 Å². The van der Waals surface area contributed by atoms with E-state index in [0.29, 0.717) is 0 Å². The quantitative estimate of drug-likeness (QED) is 0.869. The molecule has 2 aliphatic carbocycles. The second-order valence-electron chi connectivity index (χ2n) is 7.72. The lowest BCUT2D eigenvalue weighted by Crippen LogP contribution is -2.21. The van der Waals surface area contributed by atoms with Gasteiger partial charge in [0, 0.05) is 13.1 Å². The van der Waals surface area contributed by atoms with Gasteiger partial charge in [-0.3, -0.25) is 14.3 Å². The third-order valence-corrected chi connectivity index (χ3v) is 5.58. The highest BCUT2D eigenvalue weighted by Gasteiger charge is 2.43. The van der Waals surface area contributed by atoms with E-state index in [2.05, 4.69) is 17.3 Å². The summed E-state index contributed by atoms with van der Waals surface area (Å²) in [6, 6.07) is 10.8. The monoisotopic (exact) mass is 368 g/mol. The molecule has 2 saturated carbocycles. The minimum Gasteiger partial charge on any atom is -0.364 e. The van der Waals surface area contributed by atoms with Crippen LogP contribution in [0.2, 0.25) is 0 Å². The molecule has 1 aromatic carbocycles. The molecule has 4 rings (SSSR count). The fourth-order valence-electron chi connectivity index (χ4n) is 4.00. The summed E-state index contributed by atoms with van der Waals surface area (Å²) in [5, 5.41) is 6.65. The number of amides is 2. The van der Waals surface area contributed by atoms with Crippen molar-refractivity contribution in [2.24, 2.45) is 23.5 Å². The Hall–Kier alpha value is -2.63. The van der Waals surface area contributed by atoms with Crippen molar-refractivity contribution < 1.29 is 9.59 Å². The third kappa shape index (κ3) is 4.38. The van der Waals surface area contributed by atoms with Gasteiger partial charge in [-0.15, -0.1) is 0 Å². The van der Waals surface area contributed by atoms with E-state index in [1.165, 1.54) is 29.6 Å². The van der Waals surface area contributed by atoms with Crippen LogP contribution in [-0.2, 0) is 0 Å². The first kappa shape index (κ1) is 19.1. The Morgan fingerprint density at radius 2 is 1.81 bits per heavy atom. The molecule has 0 saturated heterocycles. The molecule has 2 aliphatic rings. The summed E-state index contributed by atoms with van der Waals surface area (Å²) < 4.78 is 1.47. The van der Waals surface area contributed by atoms with Gasteiger partial charge in [-0.2, -0.15) is 5.10 Å². The molecule has 6 nitrogen and oxygen atoms in total. The molecule has 1 heterocycles. The average molecular weight is 368 g/mol. The molecule has 2 aromatic rings. The number of rotatable bonds is 4. The maximum Gasteiger partial charge on any atom is 0.271 e. The van der Waals surface area contributed by atoms with E-state index in [-0.39, 0.29) is 23.3 Å². The van der Waals surface area contributed by atoms with Crippen LogP contribution in [0.15, 0.2) is 36.4 Å². The topological polar surface area (TPSA) is 90.0 Å². The van der Waals surface area contributed by atoms with E-state index < -0.39 is 5.91 Å². The summed E-state index contributed by atoms with van der Waals surface area (Å²) in [7, 11) is 1.51. The van der Waals surface area contributed by atoms with Crippen LogP contribution in [0.4, 0.5) is 0 Å². The zero-order chi connectivity index (χ0) is 19.6. The van der Waals surface area contributed by atoms with Crippen molar-refractivity contribution in [2.45, 2.75) is 39.2 Å². The van der Waals surface area contributed by atoms with Crippen molar-refractivity contribution in [3.05, 3.63) is 53.3 Å². The van der Waals surface area contributed by atoms with Gasteiger partial charge in [0.1, 0.15) is 5.69 Å². The smallest absolute Gasteiger partial charge is 0.271 e. The first-order valence-electron chi connectivity index (χ1n) is 9.57. The van der Waals surface area contributed by atoms with Crippen LogP contribution in [0.1, 0.15) is 65.7 Å². The van der Waals surface area contributed by atoms with Crippen molar-refractivity contribution in [2.75, 3.05) is 7.05 Å². The van der Waals surface area contributed by atoms with Gasteiger partial charge in [-0.25, -0.2) is 0 Å². The number of nitrogens with zero attached hydrogens (tertiary/aromatic N) is 2. The summed E-state index contributed by atoms with van der Waals surface area (Å²) in [4.78, 5) is 23.1. The fourth-order valence-corrected chi connectivity index (χ4v) is 4.00. The van der Waals surface area contributed by atoms with Crippen molar-refractivity contribution in [3.8, 4) is 0 Å². The fraction of sp³-hybridized carbons (Fsp3) is 0.476. The number of hydrogen-bond acceptors (Lipinski definition) is 3. The number of benzene rings is 1. The Kier molecular flexibility index (Phi) is 5.63. The summed E-state index contributed by atoms with van der Waals surface area (Å²) >= 11 is 0. The molecule has 3 N–H and O–H groups in total. The molecule has 3 unspecified atom stereocenters. The number of nitrogens with two attached hydrogens (primary N) is 1. The van der Waals surface area contributed by atoms with Gasteiger partial charge >= 0.3 is 0 Å². The molecule has 0 bridgehead atoms. The van der Waals surface area contributed by atoms with Crippen LogP contribution in [0.25, 0.3) is 0 Å². The van der Waals surface area contributed by atoms with E-state index in [1.54, 1.807) is 19.3 Å². The van der Waals surface area contributed by atoms with Gasteiger partial charge in [0.2, 0.25) is 0 Å². The van der Waals surface area contributed by atoms with Crippen LogP contribution in [0, 0.1) is 17.8 Å². The van der Waals surface area contributed by atoms with Gasteiger partial charge in [-0.05, 0) is 49.5 Å². The minimum atomic E-state index is -0.615. The van der Waals surface area contributed by atoms with Gasteiger partial charge in [-0.1, -0.05) is 37.3 Å². The summed E-state index contributed by atoms with van der Waals surface area (Å²) in [5.41, 5.74) is 6.71. The molecule has 144 valence electrons. The van der Waals surface area contributed by atoms with E-state index in [1.807, 2.05) is 37.3 Å². The van der Waals surface area contributed by atoms with Gasteiger partial charge in [0.15, 0.2) is 5.69 Å². The largest absolute Gasteiger partial charge is 0.364 e. The van der Waals surface area contributed by atoms with Crippen LogP contribution in [0.3, 0.4) is 0 Å². The number of aromatic nitrogens is 2. The minimum absolute atomic E-state index is 0.170. The number of fused-ring (bicyclic) bond motifs is 1. The van der Waals surface area contributed by atoms with Crippen molar-refractivity contribution >= 4 is 11.8 Å². The Morgan fingerprint density at radius 3 is 2.30 bits per heavy atom. The van der Waals surface area contributed by atoms with E-state index in [9.17, 15) is 9.59 Å². The predicted octanol–water partition coefficient (Wildman–Crippen LogP) is 3.00. The number of nitrogens with one attached hydrogen (secondary N) is 1. The maximum atomic E-state index is 11.6. The molecule has 0 radical (unpaired) electrons. The molecule has 0 aliphatic heterocycles. The molecule has 6 heteroatoms. The van der Waals surface area contributed by atoms with Gasteiger partial charge in [0.05, 0.1) is 6.04 Å². The van der Waals surface area contributed by atoms with Crippen LogP contribution < -0.4 is 11.1 Å². The molecule has 27 heavy (non-hydrogen) atoms. The molecule has 2 fully saturated rings. The first-order chi connectivity index (χ1) is 12.9. The van der Waals surface area contributed by atoms with Gasteiger partial charge in [0.25, 0.3) is 11.8 Å². The molecule has 2 amide bonds. The number of primary amides is 1. The Balaban J connectivity index is 0.000000246. The Morgan fingerprint density at radius 1 is 1.19 bits per heavy atom. The van der Waals surface area contributed by atoms with E-state index in [4.69, 9.17) is 5.73 Å². The molecule has 1 aromatic heterocycles. The lowest BCUT2D eigenvalue weighted by Gasteiger charge is -2.14. The Labute approximate surface area is 160 Å². The van der Waals surface area contributed by atoms with Crippen LogP contribution >= 0.6 is 0 Å². The van der Waals surface area contributed by atoms with Gasteiger partial charge < -0.3 is 11.1 Å². The molecular formula is C21H28N4O2. The normalized spacial score (nSPS) is 23.6. The SMILES string of the molecule is CC1CC2C[C@H]2C1.CNC(=O)c1cc(C(N)=O)n(C(C)c2ccccc2)n1. The zero-order valence-electron chi connectivity index (χ0n) is 16.2. The third-order valence-electron chi connectivity index (χ3n) is 5.58. The van der Waals surface area contributed by atoms with Crippen molar-refractivity contribution in [1.29, 1.82) is 0 Å². The average Bonchev–Trinajstić information content (AvgIpc) is 3.09. The molecular weight excluding hydrogens is 340 g/mol. The number of carbonyl (C=O) groups is 2. The lowest BCUT2D eigenvalue weighted by atomic mass is 10.1. The Bertz CT molecular complexity index is 805. The van der Waals surface area contributed by atoms with E-state index in [0.717, 1.165) is 11.5 Å². The van der Waals surface area contributed by atoms with Crippen molar-refractivity contribution in [1.82, 2.24) is 15.1 Å². The van der Waals surface area contributed by atoms with Crippen LogP contribution in [-0.4, -0.2) is 28.6 Å². The number of hydrogen-bond donors (Lipinski definition) is 2. The lowest BCUT2D eigenvalue weighted by molar-refractivity contribution is 0.0955. The standard InChI is InChI=1S/C14H16N4O2.C7H12/c1-9(10-6-4-3-5-7-10)18-12(13(15)19)8-11(17-18)14(20)16-2;1-5-2-6-4-7(6)3-5/h3-9H,1-2H3,(H2,15,19)(H,16,20);5-7H,2-4H2,1H3/t;5?,6-,7?/m.1/s1. The highest BCUT2D eigenvalue weighted by molar-refractivity contribution is 5.97. The highest BCUT2D eigenvalue weighted by Crippen LogP contribution is 2.53. The summed E-state index contributed by atoms with van der Waals surface area (Å²) in [6.45, 7) is 4.27.